The molecule has 0 amide bonds. The fourth-order valence-electron chi connectivity index (χ4n) is 6.88. The maximum Gasteiger partial charge on any atom is 0.306 e. The zero-order chi connectivity index (χ0) is 44.2. The largest absolute Gasteiger partial charge is 0.544 e. The summed E-state index contributed by atoms with van der Waals surface area (Å²) in [5.41, 5.74) is 0. The highest BCUT2D eigenvalue weighted by atomic mass is 16.6. The molecule has 0 aliphatic rings. The van der Waals surface area contributed by atoms with Gasteiger partial charge in [0.25, 0.3) is 0 Å². The van der Waals surface area contributed by atoms with E-state index in [1.807, 2.05) is 0 Å². The molecule has 8 heteroatoms. The Hall–Kier alpha value is -2.97. The van der Waals surface area contributed by atoms with Crippen LogP contribution >= 0.6 is 0 Å². The van der Waals surface area contributed by atoms with E-state index in [1.54, 1.807) is 21.1 Å². The number of carboxylic acids is 1. The van der Waals surface area contributed by atoms with Gasteiger partial charge in [-0.05, 0) is 77.0 Å². The van der Waals surface area contributed by atoms with Crippen LogP contribution in [-0.2, 0) is 28.6 Å². The molecule has 8 nitrogen and oxygen atoms in total. The van der Waals surface area contributed by atoms with E-state index in [0.717, 1.165) is 70.6 Å². The van der Waals surface area contributed by atoms with Crippen LogP contribution in [0.5, 0.6) is 0 Å². The van der Waals surface area contributed by atoms with E-state index in [1.165, 1.54) is 96.3 Å². The second-order valence-electron chi connectivity index (χ2n) is 17.3. The van der Waals surface area contributed by atoms with Crippen LogP contribution in [0.25, 0.3) is 0 Å². The van der Waals surface area contributed by atoms with Gasteiger partial charge in [0, 0.05) is 19.3 Å². The molecule has 0 aromatic rings. The summed E-state index contributed by atoms with van der Waals surface area (Å²) in [7, 11) is 5.40. The molecule has 2 atom stereocenters. The van der Waals surface area contributed by atoms with Gasteiger partial charge in [-0.1, -0.05) is 164 Å². The molecule has 0 fully saturated rings. The number of nitrogens with zero attached hydrogens (tertiary/aromatic N) is 1. The third-order valence-corrected chi connectivity index (χ3v) is 10.6. The standard InChI is InChI=1S/C52H91NO7/c1-6-8-10-12-14-16-18-20-22-24-25-26-27-29-31-33-35-37-39-41-43-51(55)60-48(46-58-45-44-49(52(56)57)53(3,4)5)47-59-50(54)42-40-38-36-34-32-30-28-23-21-19-17-15-13-11-9-7-2/h9,11,15,17,21,23,25-26,30,32,48-49H,6-8,10,12-14,16,18-20,22,24,27-29,31,33-47H2,1-5H3/b11-9+,17-15+,23-21+,26-25+,32-30+. The smallest absolute Gasteiger partial charge is 0.306 e. The monoisotopic (exact) mass is 842 g/mol. The van der Waals surface area contributed by atoms with Gasteiger partial charge in [-0.25, -0.2) is 0 Å². The number of allylic oxidation sites excluding steroid dienone is 10. The molecule has 0 aliphatic heterocycles. The molecule has 0 N–H and O–H groups in total. The van der Waals surface area contributed by atoms with E-state index < -0.39 is 18.1 Å². The normalized spacial score (nSPS) is 13.4. The number of quaternary nitrogens is 1. The van der Waals surface area contributed by atoms with E-state index in [0.29, 0.717) is 12.8 Å². The zero-order valence-electron chi connectivity index (χ0n) is 39.4. The van der Waals surface area contributed by atoms with Crippen molar-refractivity contribution < 1.29 is 38.2 Å². The van der Waals surface area contributed by atoms with Crippen LogP contribution in [0.1, 0.15) is 200 Å². The van der Waals surface area contributed by atoms with Crippen molar-refractivity contribution >= 4 is 17.9 Å². The fourth-order valence-corrected chi connectivity index (χ4v) is 6.88. The van der Waals surface area contributed by atoms with Crippen LogP contribution in [-0.4, -0.2) is 75.5 Å². The highest BCUT2D eigenvalue weighted by molar-refractivity contribution is 5.70. The first-order valence-electron chi connectivity index (χ1n) is 24.3. The quantitative estimate of drug-likeness (QED) is 0.0261. The molecule has 0 aromatic heterocycles. The lowest BCUT2D eigenvalue weighted by molar-refractivity contribution is -0.889. The van der Waals surface area contributed by atoms with Crippen molar-refractivity contribution in [2.24, 2.45) is 0 Å². The minimum absolute atomic E-state index is 0.0270. The molecule has 0 spiro atoms. The summed E-state index contributed by atoms with van der Waals surface area (Å²) in [6.07, 6.45) is 52.5. The predicted molar refractivity (Wildman–Crippen MR) is 249 cm³/mol. The lowest BCUT2D eigenvalue weighted by Gasteiger charge is -2.34. The topological polar surface area (TPSA) is 102 Å². The number of esters is 2. The third-order valence-electron chi connectivity index (χ3n) is 10.6. The number of aliphatic carboxylic acids is 1. The minimum atomic E-state index is -1.13. The molecular weight excluding hydrogens is 751 g/mol. The summed E-state index contributed by atoms with van der Waals surface area (Å²) in [6.45, 7) is 4.52. The van der Waals surface area contributed by atoms with Crippen molar-refractivity contribution in [3.05, 3.63) is 60.8 Å². The minimum Gasteiger partial charge on any atom is -0.544 e. The molecule has 0 bridgehead atoms. The van der Waals surface area contributed by atoms with E-state index in [2.05, 4.69) is 74.6 Å². The second kappa shape index (κ2) is 42.7. The number of ether oxygens (including phenoxy) is 3. The van der Waals surface area contributed by atoms with Crippen molar-refractivity contribution in [2.75, 3.05) is 41.0 Å². The third kappa shape index (κ3) is 40.4. The molecule has 346 valence electrons. The van der Waals surface area contributed by atoms with Crippen LogP contribution < -0.4 is 5.11 Å². The number of carbonyl (C=O) groups excluding carboxylic acids is 3. The van der Waals surface area contributed by atoms with Crippen LogP contribution in [0.2, 0.25) is 0 Å². The van der Waals surface area contributed by atoms with Gasteiger partial charge in [0.1, 0.15) is 12.6 Å². The Morgan fingerprint density at radius 1 is 0.517 bits per heavy atom. The van der Waals surface area contributed by atoms with Crippen molar-refractivity contribution in [1.29, 1.82) is 0 Å². The highest BCUT2D eigenvalue weighted by Gasteiger charge is 2.25. The molecule has 0 rings (SSSR count). The van der Waals surface area contributed by atoms with Gasteiger partial charge in [-0.15, -0.1) is 0 Å². The van der Waals surface area contributed by atoms with Crippen LogP contribution in [0, 0.1) is 0 Å². The maximum absolute atomic E-state index is 12.8. The van der Waals surface area contributed by atoms with Gasteiger partial charge in [0.15, 0.2) is 6.10 Å². The summed E-state index contributed by atoms with van der Waals surface area (Å²) >= 11 is 0. The predicted octanol–water partition coefficient (Wildman–Crippen LogP) is 12.4. The lowest BCUT2D eigenvalue weighted by Crippen LogP contribution is -2.55. The summed E-state index contributed by atoms with van der Waals surface area (Å²) in [5, 5.41) is 11.6. The Balaban J connectivity index is 4.33. The Labute approximate surface area is 368 Å². The number of carbonyl (C=O) groups is 3. The number of hydrogen-bond acceptors (Lipinski definition) is 7. The Bertz CT molecular complexity index is 1170. The first-order valence-corrected chi connectivity index (χ1v) is 24.3. The van der Waals surface area contributed by atoms with Crippen LogP contribution in [0.15, 0.2) is 60.8 Å². The summed E-state index contributed by atoms with van der Waals surface area (Å²) < 4.78 is 17.2. The molecule has 0 radical (unpaired) electrons. The average molecular weight is 842 g/mol. The van der Waals surface area contributed by atoms with Crippen molar-refractivity contribution in [3.63, 3.8) is 0 Å². The molecule has 60 heavy (non-hydrogen) atoms. The molecule has 0 heterocycles. The van der Waals surface area contributed by atoms with E-state index in [-0.39, 0.29) is 42.7 Å². The number of rotatable bonds is 43. The first kappa shape index (κ1) is 57.0. The van der Waals surface area contributed by atoms with Crippen molar-refractivity contribution in [1.82, 2.24) is 0 Å². The van der Waals surface area contributed by atoms with E-state index in [9.17, 15) is 19.5 Å². The van der Waals surface area contributed by atoms with Gasteiger partial charge in [-0.3, -0.25) is 9.59 Å². The van der Waals surface area contributed by atoms with E-state index in [4.69, 9.17) is 14.2 Å². The van der Waals surface area contributed by atoms with Gasteiger partial charge in [0.05, 0.1) is 40.3 Å². The average Bonchev–Trinajstić information content (AvgIpc) is 3.21. The van der Waals surface area contributed by atoms with Crippen LogP contribution in [0.3, 0.4) is 0 Å². The Morgan fingerprint density at radius 2 is 0.933 bits per heavy atom. The Morgan fingerprint density at radius 3 is 1.42 bits per heavy atom. The Kier molecular flexibility index (Phi) is 40.6. The highest BCUT2D eigenvalue weighted by Crippen LogP contribution is 2.14. The molecule has 0 aliphatic carbocycles. The van der Waals surface area contributed by atoms with E-state index >= 15 is 0 Å². The van der Waals surface area contributed by atoms with Gasteiger partial charge in [-0.2, -0.15) is 0 Å². The number of unbranched alkanes of at least 4 members (excludes halogenated alkanes) is 19. The zero-order valence-corrected chi connectivity index (χ0v) is 39.4. The molecule has 2 unspecified atom stereocenters. The summed E-state index contributed by atoms with van der Waals surface area (Å²) in [6, 6.07) is -0.734. The number of hydrogen-bond donors (Lipinski definition) is 0. The molecule has 0 saturated carbocycles. The fraction of sp³-hybridized carbons (Fsp3) is 0.750. The van der Waals surface area contributed by atoms with Gasteiger partial charge >= 0.3 is 11.9 Å². The SMILES string of the molecule is CC/C=C/C/C=C/C/C=C/C/C=C/CCCCCC(=O)OCC(COCCC(C(=O)[O-])[N+](C)(C)C)OC(=O)CCCCCCCCC/C=C/CCCCCCCCCCC. The number of carboxylic acid groups (broad SMARTS) is 1. The van der Waals surface area contributed by atoms with Crippen LogP contribution in [0.4, 0.5) is 0 Å². The van der Waals surface area contributed by atoms with Crippen molar-refractivity contribution in [3.8, 4) is 0 Å². The molecule has 0 saturated heterocycles. The summed E-state index contributed by atoms with van der Waals surface area (Å²) in [5.74, 6) is -1.78. The molecular formula is C52H91NO7. The molecule has 0 aromatic carbocycles. The van der Waals surface area contributed by atoms with Gasteiger partial charge < -0.3 is 28.6 Å². The van der Waals surface area contributed by atoms with Crippen molar-refractivity contribution in [2.45, 2.75) is 212 Å². The first-order chi connectivity index (χ1) is 29.1. The number of likely N-dealkylation sites (N-methyl/N-ethyl adjacent to an activating group) is 1. The van der Waals surface area contributed by atoms with Gasteiger partial charge in [0.2, 0.25) is 0 Å². The second-order valence-corrected chi connectivity index (χ2v) is 17.3. The lowest BCUT2D eigenvalue weighted by atomic mass is 10.1. The summed E-state index contributed by atoms with van der Waals surface area (Å²) in [4.78, 5) is 36.9. The maximum atomic E-state index is 12.8.